The molecule has 8 heteroatoms. The fourth-order valence-electron chi connectivity index (χ4n) is 5.14. The van der Waals surface area contributed by atoms with Crippen LogP contribution in [0.5, 0.6) is 0 Å². The van der Waals surface area contributed by atoms with Crippen LogP contribution in [0.1, 0.15) is 40.9 Å². The molecule has 0 radical (unpaired) electrons. The molecule has 35 heavy (non-hydrogen) atoms. The zero-order chi connectivity index (χ0) is 24.4. The second-order valence-electron chi connectivity index (χ2n) is 9.32. The number of hydrogen-bond donors (Lipinski definition) is 1. The molecule has 0 bridgehead atoms. The minimum absolute atomic E-state index is 0.119. The van der Waals surface area contributed by atoms with Crippen molar-refractivity contribution in [2.24, 2.45) is 0 Å². The summed E-state index contributed by atoms with van der Waals surface area (Å²) in [4.78, 5) is 44.7. The maximum Gasteiger partial charge on any atom is 0.258 e. The standard InChI is InChI=1S/C27H29FN4O3/c28-22-6-4-5-19(15-22)23-16-21-18-31(26(34)20-7-8-25(33)29-17-20)12-9-24(21)32(27(23)35)14-13-30-10-2-1-3-11-30/h4-8,15-17H,1-3,9-14,18H2,(H,29,33). The van der Waals surface area contributed by atoms with Crippen LogP contribution >= 0.6 is 0 Å². The van der Waals surface area contributed by atoms with E-state index in [1.807, 2.05) is 10.6 Å². The zero-order valence-corrected chi connectivity index (χ0v) is 19.6. The number of fused-ring (bicyclic) bond motifs is 1. The highest BCUT2D eigenvalue weighted by Gasteiger charge is 2.26. The van der Waals surface area contributed by atoms with Gasteiger partial charge in [-0.2, -0.15) is 0 Å². The van der Waals surface area contributed by atoms with Gasteiger partial charge in [-0.05, 0) is 61.3 Å². The molecule has 4 heterocycles. The number of nitrogens with zero attached hydrogens (tertiary/aromatic N) is 3. The van der Waals surface area contributed by atoms with Crippen molar-refractivity contribution in [3.63, 3.8) is 0 Å². The quantitative estimate of drug-likeness (QED) is 0.614. The summed E-state index contributed by atoms with van der Waals surface area (Å²) in [7, 11) is 0. The molecule has 0 aliphatic carbocycles. The number of carbonyl (C=O) groups is 1. The van der Waals surface area contributed by atoms with Gasteiger partial charge in [-0.25, -0.2) is 4.39 Å². The smallest absolute Gasteiger partial charge is 0.258 e. The number of halogens is 1. The highest BCUT2D eigenvalue weighted by molar-refractivity contribution is 5.94. The summed E-state index contributed by atoms with van der Waals surface area (Å²) < 4.78 is 15.8. The summed E-state index contributed by atoms with van der Waals surface area (Å²) >= 11 is 0. The van der Waals surface area contributed by atoms with E-state index in [2.05, 4.69) is 9.88 Å². The van der Waals surface area contributed by atoms with Crippen molar-refractivity contribution < 1.29 is 9.18 Å². The van der Waals surface area contributed by atoms with Crippen LogP contribution in [-0.2, 0) is 19.5 Å². The Balaban J connectivity index is 1.50. The van der Waals surface area contributed by atoms with E-state index < -0.39 is 5.82 Å². The van der Waals surface area contributed by atoms with Crippen LogP contribution in [0.4, 0.5) is 4.39 Å². The van der Waals surface area contributed by atoms with Crippen molar-refractivity contribution in [3.8, 4) is 11.1 Å². The lowest BCUT2D eigenvalue weighted by Gasteiger charge is -2.32. The number of benzene rings is 1. The Bertz CT molecular complexity index is 1340. The van der Waals surface area contributed by atoms with E-state index in [0.717, 1.165) is 30.9 Å². The molecule has 1 fully saturated rings. The molecule has 182 valence electrons. The molecule has 2 aliphatic heterocycles. The third-order valence-electron chi connectivity index (χ3n) is 7.01. The lowest BCUT2D eigenvalue weighted by atomic mass is 9.98. The molecule has 1 N–H and O–H groups in total. The van der Waals surface area contributed by atoms with Crippen molar-refractivity contribution >= 4 is 5.91 Å². The van der Waals surface area contributed by atoms with E-state index in [4.69, 9.17) is 0 Å². The Morgan fingerprint density at radius 2 is 1.80 bits per heavy atom. The van der Waals surface area contributed by atoms with E-state index in [-0.39, 0.29) is 17.0 Å². The lowest BCUT2D eigenvalue weighted by molar-refractivity contribution is 0.0731. The van der Waals surface area contributed by atoms with Gasteiger partial charge in [0.2, 0.25) is 5.56 Å². The molecule has 1 amide bonds. The van der Waals surface area contributed by atoms with Gasteiger partial charge in [-0.3, -0.25) is 14.4 Å². The molecule has 2 aliphatic rings. The number of amides is 1. The first-order valence-electron chi connectivity index (χ1n) is 12.2. The Hall–Kier alpha value is -3.52. The minimum Gasteiger partial charge on any atom is -0.334 e. The SMILES string of the molecule is O=C(c1ccc(=O)[nH]c1)N1CCc2c(cc(-c3cccc(F)c3)c(=O)n2CCN2CCCCC2)C1. The molecular formula is C27H29FN4O3. The average Bonchev–Trinajstić information content (AvgIpc) is 2.88. The van der Waals surface area contributed by atoms with Gasteiger partial charge in [0.15, 0.2) is 0 Å². The monoisotopic (exact) mass is 476 g/mol. The average molecular weight is 477 g/mol. The second kappa shape index (κ2) is 10.00. The Kier molecular flexibility index (Phi) is 6.63. The summed E-state index contributed by atoms with van der Waals surface area (Å²) in [6.45, 7) is 4.27. The summed E-state index contributed by atoms with van der Waals surface area (Å²) in [6, 6.07) is 10.8. The van der Waals surface area contributed by atoms with Gasteiger partial charge < -0.3 is 19.4 Å². The van der Waals surface area contributed by atoms with Gasteiger partial charge in [0, 0.05) is 56.1 Å². The van der Waals surface area contributed by atoms with E-state index >= 15 is 0 Å². The van der Waals surface area contributed by atoms with Crippen LogP contribution in [0.25, 0.3) is 11.1 Å². The molecule has 5 rings (SSSR count). The van der Waals surface area contributed by atoms with Crippen LogP contribution in [0.3, 0.4) is 0 Å². The van der Waals surface area contributed by atoms with E-state index in [1.54, 1.807) is 17.0 Å². The highest BCUT2D eigenvalue weighted by Crippen LogP contribution is 2.25. The van der Waals surface area contributed by atoms with Crippen molar-refractivity contribution in [3.05, 3.63) is 92.0 Å². The van der Waals surface area contributed by atoms with Gasteiger partial charge >= 0.3 is 0 Å². The van der Waals surface area contributed by atoms with Gasteiger partial charge in [-0.1, -0.05) is 18.6 Å². The molecule has 2 aromatic heterocycles. The Morgan fingerprint density at radius 3 is 2.54 bits per heavy atom. The predicted octanol–water partition coefficient (Wildman–Crippen LogP) is 3.03. The van der Waals surface area contributed by atoms with Crippen molar-refractivity contribution in [2.45, 2.75) is 38.8 Å². The highest BCUT2D eigenvalue weighted by atomic mass is 19.1. The third-order valence-corrected chi connectivity index (χ3v) is 7.01. The number of rotatable bonds is 5. The first-order valence-corrected chi connectivity index (χ1v) is 12.2. The van der Waals surface area contributed by atoms with E-state index in [9.17, 15) is 18.8 Å². The summed E-state index contributed by atoms with van der Waals surface area (Å²) in [5, 5.41) is 0. The molecule has 0 saturated carbocycles. The van der Waals surface area contributed by atoms with Crippen molar-refractivity contribution in [2.75, 3.05) is 26.2 Å². The Morgan fingerprint density at radius 1 is 0.971 bits per heavy atom. The van der Waals surface area contributed by atoms with E-state index in [0.29, 0.717) is 42.7 Å². The molecule has 1 aromatic carbocycles. The Labute approximate surface area is 202 Å². The topological polar surface area (TPSA) is 78.4 Å². The number of nitrogens with one attached hydrogen (secondary N) is 1. The van der Waals surface area contributed by atoms with Crippen molar-refractivity contribution in [1.29, 1.82) is 0 Å². The number of H-pyrrole nitrogens is 1. The van der Waals surface area contributed by atoms with Crippen LogP contribution in [0.2, 0.25) is 0 Å². The number of hydrogen-bond acceptors (Lipinski definition) is 4. The maximum absolute atomic E-state index is 14.0. The molecular weight excluding hydrogens is 447 g/mol. The van der Waals surface area contributed by atoms with Gasteiger partial charge in [0.25, 0.3) is 11.5 Å². The van der Waals surface area contributed by atoms with Gasteiger partial charge in [0.05, 0.1) is 5.56 Å². The maximum atomic E-state index is 14.0. The number of pyridine rings is 2. The molecule has 0 atom stereocenters. The molecule has 1 saturated heterocycles. The lowest BCUT2D eigenvalue weighted by Crippen LogP contribution is -2.41. The zero-order valence-electron chi connectivity index (χ0n) is 19.6. The number of carbonyl (C=O) groups excluding carboxylic acids is 1. The van der Waals surface area contributed by atoms with Crippen LogP contribution in [0, 0.1) is 5.82 Å². The number of aromatic amines is 1. The molecule has 7 nitrogen and oxygen atoms in total. The second-order valence-corrected chi connectivity index (χ2v) is 9.32. The minimum atomic E-state index is -0.394. The van der Waals surface area contributed by atoms with Crippen LogP contribution in [-0.4, -0.2) is 51.4 Å². The van der Waals surface area contributed by atoms with Crippen LogP contribution < -0.4 is 11.1 Å². The summed E-state index contributed by atoms with van der Waals surface area (Å²) in [6.07, 6.45) is 5.59. The van der Waals surface area contributed by atoms with Crippen LogP contribution in [0.15, 0.2) is 58.3 Å². The largest absolute Gasteiger partial charge is 0.334 e. The molecule has 0 spiro atoms. The molecule has 0 unspecified atom stereocenters. The third kappa shape index (κ3) is 4.98. The fourth-order valence-corrected chi connectivity index (χ4v) is 5.14. The van der Waals surface area contributed by atoms with Gasteiger partial charge in [-0.15, -0.1) is 0 Å². The normalized spacial score (nSPS) is 16.2. The first kappa shape index (κ1) is 23.2. The van der Waals surface area contributed by atoms with Crippen molar-refractivity contribution in [1.82, 2.24) is 19.4 Å². The fraction of sp³-hybridized carbons (Fsp3) is 0.370. The number of piperidine rings is 1. The van der Waals surface area contributed by atoms with Gasteiger partial charge in [0.1, 0.15) is 5.82 Å². The first-order chi connectivity index (χ1) is 17.0. The number of likely N-dealkylation sites (tertiary alicyclic amines) is 1. The summed E-state index contributed by atoms with van der Waals surface area (Å²) in [5.74, 6) is -0.570. The summed E-state index contributed by atoms with van der Waals surface area (Å²) in [5.41, 5.74) is 2.85. The number of aromatic nitrogens is 2. The predicted molar refractivity (Wildman–Crippen MR) is 132 cm³/mol. The van der Waals surface area contributed by atoms with E-state index in [1.165, 1.54) is 49.7 Å². The molecule has 3 aromatic rings.